The molecule has 0 amide bonds. The van der Waals surface area contributed by atoms with Gasteiger partial charge < -0.3 is 8.98 Å². The number of hydrogen-bond donors (Lipinski definition) is 0. The van der Waals surface area contributed by atoms with Gasteiger partial charge in [-0.05, 0) is 76.0 Å². The first kappa shape index (κ1) is 43.5. The van der Waals surface area contributed by atoms with Gasteiger partial charge in [0, 0.05) is 56.8 Å². The van der Waals surface area contributed by atoms with E-state index in [-0.39, 0.29) is 31.3 Å². The fourth-order valence-corrected chi connectivity index (χ4v) is 13.3. The topological polar surface area (TPSA) is 56.7 Å². The second-order valence-electron chi connectivity index (χ2n) is 19.8. The van der Waals surface area contributed by atoms with E-state index in [2.05, 4.69) is 133 Å². The maximum absolute atomic E-state index is 13.0. The van der Waals surface area contributed by atoms with Crippen molar-refractivity contribution in [3.05, 3.63) is 209 Å². The molecular formula is C62H53FGeIrN4O-2. The Kier molecular flexibility index (Phi) is 11.4. The number of aromatic nitrogens is 4. The molecule has 0 aliphatic heterocycles. The van der Waals surface area contributed by atoms with Crippen LogP contribution in [0.3, 0.4) is 0 Å². The number of rotatable bonds is 7. The molecule has 1 aliphatic rings. The summed E-state index contributed by atoms with van der Waals surface area (Å²) in [5.74, 6) is 6.65. The number of furan rings is 1. The molecule has 70 heavy (non-hydrogen) atoms. The predicted octanol–water partition coefficient (Wildman–Crippen LogP) is 15.5. The van der Waals surface area contributed by atoms with Crippen LogP contribution in [0.5, 0.6) is 0 Å². The Balaban J connectivity index is 0.000000235. The smallest absolute Gasteiger partial charge is 0.216 e. The number of benzene rings is 7. The van der Waals surface area contributed by atoms with Crippen molar-refractivity contribution in [2.24, 2.45) is 0 Å². The molecule has 8 heteroatoms. The minimum atomic E-state index is -2.10. The van der Waals surface area contributed by atoms with Crippen molar-refractivity contribution in [1.82, 2.24) is 19.5 Å². The zero-order chi connectivity index (χ0) is 50.5. The first-order valence-electron chi connectivity index (χ1n) is 25.0. The molecule has 0 saturated heterocycles. The quantitative estimate of drug-likeness (QED) is 0.118. The standard InChI is InChI=1S/C45H32N3O.C17H21FGeN.Ir/c1-27-24-36-32-16-9-10-19-37(32)45(2,3)38(36)26-40(27)48-39-23-20-29-14-7-8-15-31(29)41(39)47-43(48)35-18-11-17-33-34-22-21-30(46-44(34)49-42(33)35)25-28-12-5-4-6-13-28;1-12(2)15-10-17(13-6-8-14(18)9-7-13)20-11-16(15)19(3,4)5;/h4-17,19-24,26H,25H2,1-3H3;6,8-12H,1-5H3;/q2*-1;/i25D2;12D;. The summed E-state index contributed by atoms with van der Waals surface area (Å²) in [6.07, 6.45) is 0.120. The minimum absolute atomic E-state index is 0. The first-order chi connectivity index (χ1) is 34.3. The van der Waals surface area contributed by atoms with Gasteiger partial charge in [-0.3, -0.25) is 4.98 Å². The van der Waals surface area contributed by atoms with Crippen molar-refractivity contribution in [3.63, 3.8) is 0 Å². The van der Waals surface area contributed by atoms with E-state index in [0.717, 1.165) is 72.0 Å². The molecule has 0 unspecified atom stereocenters. The van der Waals surface area contributed by atoms with Crippen LogP contribution in [0.25, 0.3) is 83.3 Å². The van der Waals surface area contributed by atoms with Gasteiger partial charge in [-0.1, -0.05) is 110 Å². The van der Waals surface area contributed by atoms with E-state index in [1.165, 1.54) is 38.8 Å². The SMILES string of the molecule is [2H]C(C)(C)c1cc(-c2[c-]cc(F)cc2)nc[c]1[Ge]([CH3])([CH3])[CH3].[2H]C([2H])(c1ccccc1)c1ccc2c(n1)oc1c(-c3nc4c5ccccc5ccc4n3-c3cc4c(cc3C)-c3ccccc3C4(C)C)[c-]ccc12.[Ir]. The van der Waals surface area contributed by atoms with Crippen LogP contribution < -0.4 is 4.40 Å². The van der Waals surface area contributed by atoms with Crippen LogP contribution in [0, 0.1) is 24.9 Å². The largest absolute Gasteiger partial charge is 0.486 e. The van der Waals surface area contributed by atoms with Crippen LogP contribution in [0.2, 0.25) is 17.3 Å². The van der Waals surface area contributed by atoms with Crippen LogP contribution in [0.4, 0.5) is 4.39 Å². The third-order valence-corrected chi connectivity index (χ3v) is 17.8. The van der Waals surface area contributed by atoms with Crippen molar-refractivity contribution in [1.29, 1.82) is 0 Å². The van der Waals surface area contributed by atoms with Crippen molar-refractivity contribution < 1.29 is 33.0 Å². The van der Waals surface area contributed by atoms with Crippen molar-refractivity contribution in [3.8, 4) is 39.5 Å². The Morgan fingerprint density at radius 2 is 1.56 bits per heavy atom. The second-order valence-corrected chi connectivity index (χ2v) is 30.4. The summed E-state index contributed by atoms with van der Waals surface area (Å²) in [7, 11) is 0. The molecule has 0 bridgehead atoms. The van der Waals surface area contributed by atoms with Gasteiger partial charge in [0.05, 0.1) is 22.4 Å². The van der Waals surface area contributed by atoms with E-state index >= 15 is 0 Å². The molecule has 0 fully saturated rings. The molecule has 0 N–H and O–H groups in total. The third-order valence-electron chi connectivity index (χ3n) is 13.6. The molecule has 1 radical (unpaired) electrons. The number of pyridine rings is 2. The summed E-state index contributed by atoms with van der Waals surface area (Å²) in [4.78, 5) is 14.7. The second kappa shape index (κ2) is 18.3. The van der Waals surface area contributed by atoms with E-state index in [1.54, 1.807) is 24.3 Å². The number of fused-ring (bicyclic) bond motifs is 9. The summed E-state index contributed by atoms with van der Waals surface area (Å²) >= 11 is -2.10. The van der Waals surface area contributed by atoms with Gasteiger partial charge in [0.1, 0.15) is 0 Å². The monoisotopic (exact) mass is 1160 g/mol. The fraction of sp³-hybridized carbons (Fsp3) is 0.177. The molecule has 0 atom stereocenters. The van der Waals surface area contributed by atoms with E-state index < -0.39 is 25.5 Å². The Labute approximate surface area is 429 Å². The van der Waals surface area contributed by atoms with Crippen LogP contribution in [0.15, 0.2) is 162 Å². The summed E-state index contributed by atoms with van der Waals surface area (Å²) in [6, 6.07) is 55.6. The van der Waals surface area contributed by atoms with Gasteiger partial charge in [-0.15, -0.1) is 18.2 Å². The third kappa shape index (κ3) is 8.32. The van der Waals surface area contributed by atoms with Crippen LogP contribution in [-0.2, 0) is 31.9 Å². The Bertz CT molecular complexity index is 3930. The van der Waals surface area contributed by atoms with Gasteiger partial charge in [-0.25, -0.2) is 4.98 Å². The molecular weight excluding hydrogens is 1100 g/mol. The summed E-state index contributed by atoms with van der Waals surface area (Å²) in [5.41, 5.74) is 14.2. The number of imidazole rings is 1. The maximum atomic E-state index is 13.0. The summed E-state index contributed by atoms with van der Waals surface area (Å²) < 4.78 is 49.4. The van der Waals surface area contributed by atoms with Crippen LogP contribution in [0.1, 0.15) is 71.2 Å². The molecule has 7 aromatic carbocycles. The van der Waals surface area contributed by atoms with E-state index in [9.17, 15) is 4.39 Å². The number of nitrogens with zero attached hydrogens (tertiary/aromatic N) is 4. The predicted molar refractivity (Wildman–Crippen MR) is 285 cm³/mol. The summed E-state index contributed by atoms with van der Waals surface area (Å²) in [5, 5.41) is 3.89. The van der Waals surface area contributed by atoms with Gasteiger partial charge in [0.2, 0.25) is 5.71 Å². The van der Waals surface area contributed by atoms with E-state index in [4.69, 9.17) is 18.5 Å². The molecule has 11 aromatic rings. The number of hydrogen-bond acceptors (Lipinski definition) is 4. The van der Waals surface area contributed by atoms with Gasteiger partial charge >= 0.3 is 125 Å². The number of aryl methyl sites for hydroxylation is 1. The van der Waals surface area contributed by atoms with Crippen molar-refractivity contribution >= 4 is 61.5 Å². The number of halogens is 1. The molecule has 4 heterocycles. The zero-order valence-corrected chi connectivity index (χ0v) is 44.9. The van der Waals surface area contributed by atoms with E-state index in [1.807, 2.05) is 62.5 Å². The van der Waals surface area contributed by atoms with Gasteiger partial charge in [0.25, 0.3) is 0 Å². The van der Waals surface area contributed by atoms with Gasteiger partial charge in [-0.2, -0.15) is 0 Å². The molecule has 5 nitrogen and oxygen atoms in total. The average Bonchev–Trinajstić information content (AvgIpc) is 4.01. The normalized spacial score (nSPS) is 13.8. The molecule has 12 rings (SSSR count). The molecule has 1 aliphatic carbocycles. The average molecular weight is 1160 g/mol. The Morgan fingerprint density at radius 1 is 0.786 bits per heavy atom. The molecule has 0 spiro atoms. The maximum Gasteiger partial charge on any atom is 0.216 e. The zero-order valence-electron chi connectivity index (χ0n) is 43.4. The molecule has 349 valence electrons. The first-order valence-corrected chi connectivity index (χ1v) is 30.8. The van der Waals surface area contributed by atoms with E-state index in [0.29, 0.717) is 22.6 Å². The summed E-state index contributed by atoms with van der Waals surface area (Å²) in [6.45, 7) is 10.6. The van der Waals surface area contributed by atoms with Crippen molar-refractivity contribution in [2.75, 3.05) is 0 Å². The minimum Gasteiger partial charge on any atom is -0.486 e. The Hall–Kier alpha value is -6.51. The Morgan fingerprint density at radius 3 is 2.33 bits per heavy atom. The fourth-order valence-electron chi connectivity index (χ4n) is 10.0. The van der Waals surface area contributed by atoms with Crippen molar-refractivity contribution in [2.45, 2.75) is 69.6 Å². The van der Waals surface area contributed by atoms with Crippen LogP contribution in [-0.4, -0.2) is 32.8 Å². The van der Waals surface area contributed by atoms with Gasteiger partial charge in [0.15, 0.2) is 0 Å². The molecule has 4 aromatic heterocycles. The van der Waals surface area contributed by atoms with Crippen LogP contribution >= 0.6 is 0 Å². The molecule has 0 saturated carbocycles.